The van der Waals surface area contributed by atoms with Crippen molar-refractivity contribution >= 4 is 38.7 Å². The van der Waals surface area contributed by atoms with E-state index in [-0.39, 0.29) is 11.9 Å². The fraction of sp³-hybridized carbons (Fsp3) is 0.143. The molecule has 0 unspecified atom stereocenters. The van der Waals surface area contributed by atoms with Crippen molar-refractivity contribution in [2.75, 3.05) is 11.0 Å². The van der Waals surface area contributed by atoms with Crippen molar-refractivity contribution in [3.05, 3.63) is 87.9 Å². The van der Waals surface area contributed by atoms with Gasteiger partial charge in [0.15, 0.2) is 0 Å². The second-order valence-corrected chi connectivity index (χ2v) is 9.62. The molecule has 154 valence electrons. The van der Waals surface area contributed by atoms with Crippen LogP contribution >= 0.6 is 11.3 Å². The summed E-state index contributed by atoms with van der Waals surface area (Å²) in [5, 5.41) is 7.92. The molecule has 4 rings (SSSR count). The highest BCUT2D eigenvalue weighted by Crippen LogP contribution is 2.36. The zero-order valence-corrected chi connectivity index (χ0v) is 17.6. The molecule has 0 aliphatic carbocycles. The number of anilines is 1. The van der Waals surface area contributed by atoms with Crippen LogP contribution in [0.3, 0.4) is 0 Å². The van der Waals surface area contributed by atoms with E-state index in [0.29, 0.717) is 23.4 Å². The molecule has 2 heterocycles. The minimum atomic E-state index is -3.41. The lowest BCUT2D eigenvalue weighted by atomic mass is 10.0. The van der Waals surface area contributed by atoms with E-state index in [9.17, 15) is 17.6 Å². The molecule has 9 heteroatoms. The summed E-state index contributed by atoms with van der Waals surface area (Å²) < 4.78 is 38.8. The minimum Gasteiger partial charge on any atom is -0.284 e. The number of amides is 1. The Morgan fingerprint density at radius 2 is 1.93 bits per heavy atom. The molecular formula is C21H18FN3O3S2. The topological polar surface area (TPSA) is 78.8 Å². The van der Waals surface area contributed by atoms with E-state index in [0.717, 1.165) is 16.7 Å². The van der Waals surface area contributed by atoms with Gasteiger partial charge in [0, 0.05) is 22.5 Å². The molecule has 1 N–H and O–H groups in total. The number of thiophene rings is 1. The number of nitrogens with zero attached hydrogens (tertiary/aromatic N) is 2. The third-order valence-electron chi connectivity index (χ3n) is 4.58. The largest absolute Gasteiger partial charge is 0.284 e. The Morgan fingerprint density at radius 1 is 1.17 bits per heavy atom. The van der Waals surface area contributed by atoms with Gasteiger partial charge >= 0.3 is 0 Å². The number of halogens is 1. The average Bonchev–Trinajstić information content (AvgIpc) is 3.37. The Bertz CT molecular complexity index is 1210. The Hall–Kier alpha value is -3.04. The first kappa shape index (κ1) is 20.2. The summed E-state index contributed by atoms with van der Waals surface area (Å²) >= 11 is 1.53. The molecule has 1 aromatic heterocycles. The van der Waals surface area contributed by atoms with Crippen molar-refractivity contribution in [2.24, 2.45) is 5.10 Å². The predicted octanol–water partition coefficient (Wildman–Crippen LogP) is 4.25. The SMILES string of the molecule is CS(=O)(=O)Nc1cccc(C2=NN(C(=O)c3ccc(F)cc3)[C@H](c3cccs3)C2)c1. The maximum atomic E-state index is 13.3. The molecule has 1 amide bonds. The van der Waals surface area contributed by atoms with E-state index >= 15 is 0 Å². The van der Waals surface area contributed by atoms with Crippen LogP contribution < -0.4 is 4.72 Å². The number of hydrogen-bond acceptors (Lipinski definition) is 5. The monoisotopic (exact) mass is 443 g/mol. The maximum Gasteiger partial charge on any atom is 0.274 e. The van der Waals surface area contributed by atoms with Gasteiger partial charge in [-0.25, -0.2) is 17.8 Å². The molecule has 0 bridgehead atoms. The van der Waals surface area contributed by atoms with Gasteiger partial charge in [-0.05, 0) is 53.4 Å². The number of hydrazone groups is 1. The highest BCUT2D eigenvalue weighted by atomic mass is 32.2. The van der Waals surface area contributed by atoms with Gasteiger partial charge in [-0.3, -0.25) is 9.52 Å². The predicted molar refractivity (Wildman–Crippen MR) is 116 cm³/mol. The molecule has 6 nitrogen and oxygen atoms in total. The molecule has 0 spiro atoms. The van der Waals surface area contributed by atoms with E-state index in [1.165, 1.54) is 40.6 Å². The number of carbonyl (C=O) groups excluding carboxylic acids is 1. The Morgan fingerprint density at radius 3 is 2.60 bits per heavy atom. The number of rotatable bonds is 5. The molecular weight excluding hydrogens is 425 g/mol. The average molecular weight is 444 g/mol. The summed E-state index contributed by atoms with van der Waals surface area (Å²) in [5.74, 6) is -0.740. The summed E-state index contributed by atoms with van der Waals surface area (Å²) in [6, 6.07) is 15.8. The van der Waals surface area contributed by atoms with Crippen molar-refractivity contribution < 1.29 is 17.6 Å². The minimum absolute atomic E-state index is 0.288. The Kier molecular flexibility index (Phi) is 5.40. The van der Waals surface area contributed by atoms with Gasteiger partial charge in [-0.15, -0.1) is 11.3 Å². The molecule has 2 aromatic carbocycles. The number of sulfonamides is 1. The number of hydrogen-bond donors (Lipinski definition) is 1. The van der Waals surface area contributed by atoms with Crippen LogP contribution in [0.1, 0.15) is 33.3 Å². The second kappa shape index (κ2) is 8.00. The summed E-state index contributed by atoms with van der Waals surface area (Å²) in [7, 11) is -3.41. The van der Waals surface area contributed by atoms with Crippen LogP contribution in [0.4, 0.5) is 10.1 Å². The smallest absolute Gasteiger partial charge is 0.274 e. The third kappa shape index (κ3) is 4.42. The van der Waals surface area contributed by atoms with Crippen LogP contribution in [0.5, 0.6) is 0 Å². The van der Waals surface area contributed by atoms with E-state index in [1.54, 1.807) is 18.2 Å². The Balaban J connectivity index is 1.69. The summed E-state index contributed by atoms with van der Waals surface area (Å²) in [4.78, 5) is 14.1. The van der Waals surface area contributed by atoms with Gasteiger partial charge in [0.05, 0.1) is 18.0 Å². The third-order valence-corrected chi connectivity index (χ3v) is 6.16. The van der Waals surface area contributed by atoms with E-state index in [4.69, 9.17) is 0 Å². The highest BCUT2D eigenvalue weighted by molar-refractivity contribution is 7.92. The van der Waals surface area contributed by atoms with Crippen molar-refractivity contribution in [3.63, 3.8) is 0 Å². The summed E-state index contributed by atoms with van der Waals surface area (Å²) in [6.07, 6.45) is 1.57. The molecule has 0 saturated heterocycles. The molecule has 30 heavy (non-hydrogen) atoms. The Labute approximate surface area is 177 Å². The molecule has 1 aliphatic heterocycles. The van der Waals surface area contributed by atoms with E-state index in [2.05, 4.69) is 9.82 Å². The normalized spacial score (nSPS) is 16.4. The lowest BCUT2D eigenvalue weighted by Gasteiger charge is -2.20. The van der Waals surface area contributed by atoms with E-state index < -0.39 is 15.8 Å². The van der Waals surface area contributed by atoms with Crippen LogP contribution in [0.25, 0.3) is 0 Å². The molecule has 3 aromatic rings. The van der Waals surface area contributed by atoms with Gasteiger partial charge in [0.2, 0.25) is 10.0 Å². The van der Waals surface area contributed by atoms with Gasteiger partial charge in [0.25, 0.3) is 5.91 Å². The fourth-order valence-corrected chi connectivity index (χ4v) is 4.64. The van der Waals surface area contributed by atoms with Crippen LogP contribution in [0.15, 0.2) is 71.1 Å². The molecule has 0 saturated carbocycles. The lowest BCUT2D eigenvalue weighted by Crippen LogP contribution is -2.26. The summed E-state index contributed by atoms with van der Waals surface area (Å²) in [6.45, 7) is 0. The number of benzene rings is 2. The van der Waals surface area contributed by atoms with Crippen LogP contribution in [-0.2, 0) is 10.0 Å². The van der Waals surface area contributed by atoms with Crippen LogP contribution in [0.2, 0.25) is 0 Å². The first-order chi connectivity index (χ1) is 14.3. The maximum absolute atomic E-state index is 13.3. The van der Waals surface area contributed by atoms with Crippen molar-refractivity contribution in [2.45, 2.75) is 12.5 Å². The summed E-state index contributed by atoms with van der Waals surface area (Å²) in [5.41, 5.74) is 2.16. The standard InChI is InChI=1S/C21H18FN3O3S2/c1-30(27,28)24-17-5-2-4-15(12-17)18-13-19(20-6-3-11-29-20)25(23-18)21(26)14-7-9-16(22)10-8-14/h2-12,19,24H,13H2,1H3/t19-/m0/s1. The fourth-order valence-electron chi connectivity index (χ4n) is 3.28. The molecule has 1 aliphatic rings. The van der Waals surface area contributed by atoms with Crippen molar-refractivity contribution in [1.29, 1.82) is 0 Å². The van der Waals surface area contributed by atoms with Gasteiger partial charge in [-0.1, -0.05) is 18.2 Å². The van der Waals surface area contributed by atoms with Crippen LogP contribution in [0, 0.1) is 5.82 Å². The lowest BCUT2D eigenvalue weighted by molar-refractivity contribution is 0.0713. The number of nitrogens with one attached hydrogen (secondary N) is 1. The van der Waals surface area contributed by atoms with Gasteiger partial charge < -0.3 is 0 Å². The highest BCUT2D eigenvalue weighted by Gasteiger charge is 2.34. The quantitative estimate of drug-likeness (QED) is 0.640. The van der Waals surface area contributed by atoms with Gasteiger partial charge in [-0.2, -0.15) is 5.10 Å². The van der Waals surface area contributed by atoms with Crippen molar-refractivity contribution in [3.8, 4) is 0 Å². The number of carbonyl (C=O) groups is 1. The first-order valence-corrected chi connectivity index (χ1v) is 11.9. The molecule has 0 fully saturated rings. The second-order valence-electron chi connectivity index (χ2n) is 6.89. The van der Waals surface area contributed by atoms with Crippen molar-refractivity contribution in [1.82, 2.24) is 5.01 Å². The van der Waals surface area contributed by atoms with Crippen LogP contribution in [-0.4, -0.2) is 31.3 Å². The zero-order chi connectivity index (χ0) is 21.3. The van der Waals surface area contributed by atoms with E-state index in [1.807, 2.05) is 23.6 Å². The van der Waals surface area contributed by atoms with Gasteiger partial charge in [0.1, 0.15) is 5.82 Å². The molecule has 0 radical (unpaired) electrons. The zero-order valence-electron chi connectivity index (χ0n) is 15.9. The molecule has 1 atom stereocenters. The first-order valence-electron chi connectivity index (χ1n) is 9.08.